The van der Waals surface area contributed by atoms with Gasteiger partial charge in [-0.3, -0.25) is 9.59 Å². The zero-order valence-corrected chi connectivity index (χ0v) is 18.4. The molecule has 1 N–H and O–H groups in total. The number of anilines is 1. The van der Waals surface area contributed by atoms with E-state index >= 15 is 0 Å². The number of carbonyl (C=O) groups is 2. The van der Waals surface area contributed by atoms with Crippen LogP contribution in [0, 0.1) is 11.7 Å². The van der Waals surface area contributed by atoms with E-state index in [1.54, 1.807) is 24.1 Å². The monoisotopic (exact) mass is 454 g/mol. The molecule has 2 aromatic carbocycles. The summed E-state index contributed by atoms with van der Waals surface area (Å²) in [5.41, 5.74) is 2.02. The van der Waals surface area contributed by atoms with Gasteiger partial charge in [-0.05, 0) is 41.8 Å². The number of likely N-dealkylation sites (tertiary alicyclic amines) is 1. The van der Waals surface area contributed by atoms with Crippen LogP contribution < -0.4 is 10.1 Å². The van der Waals surface area contributed by atoms with Crippen LogP contribution in [0.2, 0.25) is 0 Å². The minimum atomic E-state index is -0.426. The van der Waals surface area contributed by atoms with Crippen molar-refractivity contribution < 1.29 is 18.7 Å². The number of nitrogens with one attached hydrogen (secondary N) is 1. The molecule has 0 bridgehead atoms. The van der Waals surface area contributed by atoms with E-state index in [1.165, 1.54) is 23.5 Å². The lowest BCUT2D eigenvalue weighted by molar-refractivity contribution is -0.128. The maximum Gasteiger partial charge on any atom is 0.231 e. The van der Waals surface area contributed by atoms with Gasteiger partial charge in [0, 0.05) is 25.9 Å². The number of amides is 2. The molecule has 32 heavy (non-hydrogen) atoms. The summed E-state index contributed by atoms with van der Waals surface area (Å²) in [6.07, 6.45) is 1.40. The van der Waals surface area contributed by atoms with E-state index in [1.807, 2.05) is 24.3 Å². The number of benzene rings is 2. The van der Waals surface area contributed by atoms with E-state index < -0.39 is 5.92 Å². The molecule has 1 atom stereocenters. The van der Waals surface area contributed by atoms with E-state index in [2.05, 4.69) is 15.5 Å². The Morgan fingerprint density at radius 2 is 1.88 bits per heavy atom. The zero-order chi connectivity index (χ0) is 22.5. The van der Waals surface area contributed by atoms with Gasteiger partial charge in [0.25, 0.3) is 0 Å². The first kappa shape index (κ1) is 21.9. The van der Waals surface area contributed by atoms with Gasteiger partial charge in [0.05, 0.1) is 13.0 Å². The van der Waals surface area contributed by atoms with Crippen molar-refractivity contribution in [2.75, 3.05) is 25.5 Å². The lowest BCUT2D eigenvalue weighted by Gasteiger charge is -2.16. The van der Waals surface area contributed by atoms with E-state index in [-0.39, 0.29) is 24.1 Å². The topological polar surface area (TPSA) is 84.4 Å². The minimum absolute atomic E-state index is 0.0512. The van der Waals surface area contributed by atoms with Crippen molar-refractivity contribution >= 4 is 28.3 Å². The standard InChI is InChI=1S/C23H23FN4O3S/c1-31-19-8-4-16(5-9-19)12-20-26-27-23(32-20)25-22(30)17-13-21(29)28(14-17)11-10-15-2-6-18(24)7-3-15/h2-9,17H,10-14H2,1H3,(H,25,27,30). The van der Waals surface area contributed by atoms with Gasteiger partial charge >= 0.3 is 0 Å². The Kier molecular flexibility index (Phi) is 6.75. The molecule has 1 fully saturated rings. The largest absolute Gasteiger partial charge is 0.497 e. The summed E-state index contributed by atoms with van der Waals surface area (Å²) < 4.78 is 18.2. The summed E-state index contributed by atoms with van der Waals surface area (Å²) in [5, 5.41) is 12.2. The Hall–Kier alpha value is -3.33. The molecule has 1 unspecified atom stereocenters. The first-order chi connectivity index (χ1) is 15.5. The van der Waals surface area contributed by atoms with Crippen LogP contribution in [0.1, 0.15) is 22.6 Å². The highest BCUT2D eigenvalue weighted by Crippen LogP contribution is 2.23. The maximum absolute atomic E-state index is 13.0. The molecule has 7 nitrogen and oxygen atoms in total. The number of nitrogens with zero attached hydrogens (tertiary/aromatic N) is 3. The second kappa shape index (κ2) is 9.86. The average Bonchev–Trinajstić information content (AvgIpc) is 3.40. The van der Waals surface area contributed by atoms with Crippen molar-refractivity contribution in [1.29, 1.82) is 0 Å². The maximum atomic E-state index is 13.0. The quantitative estimate of drug-likeness (QED) is 0.565. The van der Waals surface area contributed by atoms with Crippen molar-refractivity contribution in [3.05, 3.63) is 70.5 Å². The molecule has 0 saturated carbocycles. The van der Waals surface area contributed by atoms with E-state index in [4.69, 9.17) is 4.74 Å². The van der Waals surface area contributed by atoms with Crippen molar-refractivity contribution in [1.82, 2.24) is 15.1 Å². The van der Waals surface area contributed by atoms with E-state index in [0.717, 1.165) is 21.9 Å². The third-order valence-corrected chi connectivity index (χ3v) is 6.22. The van der Waals surface area contributed by atoms with Crippen molar-refractivity contribution in [2.45, 2.75) is 19.3 Å². The smallest absolute Gasteiger partial charge is 0.231 e. The summed E-state index contributed by atoms with van der Waals surface area (Å²) in [7, 11) is 1.62. The van der Waals surface area contributed by atoms with Gasteiger partial charge < -0.3 is 15.0 Å². The Morgan fingerprint density at radius 1 is 1.16 bits per heavy atom. The number of hydrogen-bond donors (Lipinski definition) is 1. The molecule has 4 rings (SSSR count). The minimum Gasteiger partial charge on any atom is -0.497 e. The van der Waals surface area contributed by atoms with Crippen molar-refractivity contribution in [2.24, 2.45) is 5.92 Å². The van der Waals surface area contributed by atoms with Crippen molar-refractivity contribution in [3.8, 4) is 5.75 Å². The fourth-order valence-corrected chi connectivity index (χ4v) is 4.36. The Morgan fingerprint density at radius 3 is 2.59 bits per heavy atom. The number of halogens is 1. The van der Waals surface area contributed by atoms with Crippen LogP contribution in [0.3, 0.4) is 0 Å². The van der Waals surface area contributed by atoms with Gasteiger partial charge in [-0.2, -0.15) is 0 Å². The highest BCUT2D eigenvalue weighted by atomic mass is 32.1. The third kappa shape index (κ3) is 5.47. The van der Waals surface area contributed by atoms with Gasteiger partial charge in [-0.1, -0.05) is 35.6 Å². The van der Waals surface area contributed by atoms with Gasteiger partial charge in [0.1, 0.15) is 16.6 Å². The summed E-state index contributed by atoms with van der Waals surface area (Å²) in [5.74, 6) is -0.201. The van der Waals surface area contributed by atoms with Crippen LogP contribution in [-0.2, 0) is 22.4 Å². The van der Waals surface area contributed by atoms with Crippen LogP contribution in [0.4, 0.5) is 9.52 Å². The fourth-order valence-electron chi connectivity index (χ4n) is 3.58. The molecule has 1 aliphatic rings. The number of methoxy groups -OCH3 is 1. The van der Waals surface area contributed by atoms with Crippen LogP contribution in [0.5, 0.6) is 5.75 Å². The van der Waals surface area contributed by atoms with Gasteiger partial charge in [0.15, 0.2) is 0 Å². The summed E-state index contributed by atoms with van der Waals surface area (Å²) in [4.78, 5) is 26.7. The lowest BCUT2D eigenvalue weighted by Crippen LogP contribution is -2.30. The molecule has 0 aliphatic carbocycles. The Bertz CT molecular complexity index is 1090. The van der Waals surface area contributed by atoms with Crippen LogP contribution in [-0.4, -0.2) is 47.1 Å². The first-order valence-electron chi connectivity index (χ1n) is 10.3. The number of aromatic nitrogens is 2. The zero-order valence-electron chi connectivity index (χ0n) is 17.6. The predicted octanol–water partition coefficient (Wildman–Crippen LogP) is 3.31. The molecule has 9 heteroatoms. The molecular weight excluding hydrogens is 431 g/mol. The van der Waals surface area contributed by atoms with Crippen LogP contribution in [0.15, 0.2) is 48.5 Å². The highest BCUT2D eigenvalue weighted by molar-refractivity contribution is 7.15. The number of ether oxygens (including phenoxy) is 1. The SMILES string of the molecule is COc1ccc(Cc2nnc(NC(=O)C3CC(=O)N(CCc4ccc(F)cc4)C3)s2)cc1. The number of rotatable bonds is 8. The third-order valence-electron chi connectivity index (χ3n) is 5.38. The second-order valence-electron chi connectivity index (χ2n) is 7.63. The molecule has 1 saturated heterocycles. The predicted molar refractivity (Wildman–Crippen MR) is 119 cm³/mol. The first-order valence-corrected chi connectivity index (χ1v) is 11.1. The summed E-state index contributed by atoms with van der Waals surface area (Å²) in [6, 6.07) is 13.9. The molecule has 0 radical (unpaired) electrons. The van der Waals surface area contributed by atoms with E-state index in [9.17, 15) is 14.0 Å². The second-order valence-corrected chi connectivity index (χ2v) is 8.69. The van der Waals surface area contributed by atoms with Gasteiger partial charge in [0.2, 0.25) is 16.9 Å². The van der Waals surface area contributed by atoms with Gasteiger partial charge in [-0.15, -0.1) is 10.2 Å². The molecule has 0 spiro atoms. The van der Waals surface area contributed by atoms with E-state index in [0.29, 0.717) is 31.1 Å². The number of hydrogen-bond acceptors (Lipinski definition) is 6. The number of carbonyl (C=O) groups excluding carboxylic acids is 2. The Balaban J connectivity index is 1.28. The summed E-state index contributed by atoms with van der Waals surface area (Å²) >= 11 is 1.32. The molecule has 166 valence electrons. The normalized spacial score (nSPS) is 15.8. The molecule has 2 amide bonds. The molecule has 2 heterocycles. The molecule has 1 aliphatic heterocycles. The van der Waals surface area contributed by atoms with Gasteiger partial charge in [-0.25, -0.2) is 4.39 Å². The molecule has 1 aromatic heterocycles. The Labute approximate surface area is 189 Å². The average molecular weight is 455 g/mol. The van der Waals surface area contributed by atoms with Crippen LogP contribution >= 0.6 is 11.3 Å². The highest BCUT2D eigenvalue weighted by Gasteiger charge is 2.34. The fraction of sp³-hybridized carbons (Fsp3) is 0.304. The summed E-state index contributed by atoms with van der Waals surface area (Å²) in [6.45, 7) is 0.864. The lowest BCUT2D eigenvalue weighted by atomic mass is 10.1. The van der Waals surface area contributed by atoms with Crippen molar-refractivity contribution in [3.63, 3.8) is 0 Å². The molecule has 3 aromatic rings. The van der Waals surface area contributed by atoms with Crippen LogP contribution in [0.25, 0.3) is 0 Å². The molecular formula is C23H23FN4O3S.